The van der Waals surface area contributed by atoms with E-state index in [1.807, 2.05) is 71.6 Å². The maximum atomic E-state index is 14.1. The molecular weight excluding hydrogens is 522 g/mol. The average molecular weight is 560 g/mol. The van der Waals surface area contributed by atoms with E-state index in [0.717, 1.165) is 17.0 Å². The number of rotatable bonds is 8. The Balaban J connectivity index is 1.41. The van der Waals surface area contributed by atoms with Crippen LogP contribution in [0, 0.1) is 5.92 Å². The van der Waals surface area contributed by atoms with Crippen molar-refractivity contribution in [1.29, 1.82) is 0 Å². The van der Waals surface area contributed by atoms with Crippen LogP contribution in [0.5, 0.6) is 23.0 Å². The van der Waals surface area contributed by atoms with Gasteiger partial charge in [-0.3, -0.25) is 9.59 Å². The molecule has 9 heteroatoms. The number of carbonyl (C=O) groups excluding carboxylic acids is 2. The summed E-state index contributed by atoms with van der Waals surface area (Å²) in [5, 5.41) is 0. The van der Waals surface area contributed by atoms with E-state index in [4.69, 9.17) is 18.9 Å². The smallest absolute Gasteiger partial charge is 0.253 e. The Morgan fingerprint density at radius 2 is 1.29 bits per heavy atom. The third kappa shape index (κ3) is 5.62. The average Bonchev–Trinajstić information content (AvgIpc) is 3.49. The van der Waals surface area contributed by atoms with Gasteiger partial charge in [0.05, 0.1) is 40.0 Å². The molecule has 0 unspecified atom stereocenters. The molecule has 2 aliphatic heterocycles. The lowest BCUT2D eigenvalue weighted by Gasteiger charge is -2.38. The highest BCUT2D eigenvalue weighted by Gasteiger charge is 2.43. The Labute approximate surface area is 241 Å². The van der Waals surface area contributed by atoms with Gasteiger partial charge >= 0.3 is 0 Å². The van der Waals surface area contributed by atoms with Gasteiger partial charge in [0.1, 0.15) is 5.75 Å². The van der Waals surface area contributed by atoms with E-state index in [1.165, 1.54) is 0 Å². The first-order valence-corrected chi connectivity index (χ1v) is 13.8. The SMILES string of the molecule is COc1ccccc1N1CCN(C(=O)[C@@H]2CN(C(=O)c3ccccc3)C[C@@H]2c2cc(OC)c(OC)c(OC)c2)CC1. The third-order valence-electron chi connectivity index (χ3n) is 8.08. The minimum absolute atomic E-state index is 0.0480. The van der Waals surface area contributed by atoms with Gasteiger partial charge in [0.2, 0.25) is 11.7 Å². The van der Waals surface area contributed by atoms with Crippen LogP contribution in [0.2, 0.25) is 0 Å². The summed E-state index contributed by atoms with van der Waals surface area (Å²) in [4.78, 5) is 33.6. The molecule has 41 heavy (non-hydrogen) atoms. The molecule has 2 heterocycles. The molecule has 0 aliphatic carbocycles. The second-order valence-corrected chi connectivity index (χ2v) is 10.2. The monoisotopic (exact) mass is 559 g/mol. The van der Waals surface area contributed by atoms with Crippen molar-refractivity contribution in [2.24, 2.45) is 5.92 Å². The predicted octanol–water partition coefficient (Wildman–Crippen LogP) is 3.93. The second kappa shape index (κ2) is 12.4. The molecule has 0 bridgehead atoms. The Hall–Kier alpha value is -4.40. The zero-order chi connectivity index (χ0) is 28.9. The molecule has 5 rings (SSSR count). The maximum absolute atomic E-state index is 14.1. The van der Waals surface area contributed by atoms with E-state index in [1.54, 1.807) is 33.3 Å². The first-order valence-electron chi connectivity index (χ1n) is 13.8. The van der Waals surface area contributed by atoms with Crippen molar-refractivity contribution in [2.75, 3.05) is 72.6 Å². The van der Waals surface area contributed by atoms with Crippen LogP contribution in [0.3, 0.4) is 0 Å². The fraction of sp³-hybridized carbons (Fsp3) is 0.375. The van der Waals surface area contributed by atoms with Crippen molar-refractivity contribution in [3.63, 3.8) is 0 Å². The molecule has 3 aromatic rings. The number of carbonyl (C=O) groups is 2. The normalized spacial score (nSPS) is 18.7. The van der Waals surface area contributed by atoms with Crippen molar-refractivity contribution in [1.82, 2.24) is 9.80 Å². The summed E-state index contributed by atoms with van der Waals surface area (Å²) in [6.45, 7) is 3.30. The zero-order valence-corrected chi connectivity index (χ0v) is 24.0. The Kier molecular flexibility index (Phi) is 8.52. The first kappa shape index (κ1) is 28.1. The summed E-state index contributed by atoms with van der Waals surface area (Å²) in [5.74, 6) is 1.66. The number of para-hydroxylation sites is 2. The molecule has 2 aliphatic rings. The number of anilines is 1. The molecule has 2 atom stereocenters. The number of piperazine rings is 1. The quantitative estimate of drug-likeness (QED) is 0.414. The largest absolute Gasteiger partial charge is 0.495 e. The molecule has 0 saturated carbocycles. The highest BCUT2D eigenvalue weighted by molar-refractivity contribution is 5.95. The zero-order valence-electron chi connectivity index (χ0n) is 24.0. The number of benzene rings is 3. The van der Waals surface area contributed by atoms with Crippen LogP contribution in [-0.4, -0.2) is 89.3 Å². The number of amides is 2. The van der Waals surface area contributed by atoms with Gasteiger partial charge in [-0.05, 0) is 42.0 Å². The van der Waals surface area contributed by atoms with E-state index in [2.05, 4.69) is 4.90 Å². The van der Waals surface area contributed by atoms with E-state index >= 15 is 0 Å². The van der Waals surface area contributed by atoms with Crippen molar-refractivity contribution >= 4 is 17.5 Å². The summed E-state index contributed by atoms with van der Waals surface area (Å²) in [6.07, 6.45) is 0. The molecule has 0 N–H and O–H groups in total. The Morgan fingerprint density at radius 1 is 0.683 bits per heavy atom. The number of nitrogens with zero attached hydrogens (tertiary/aromatic N) is 3. The van der Waals surface area contributed by atoms with Crippen LogP contribution < -0.4 is 23.8 Å². The molecule has 0 spiro atoms. The van der Waals surface area contributed by atoms with Gasteiger partial charge in [-0.15, -0.1) is 0 Å². The van der Waals surface area contributed by atoms with Crippen LogP contribution in [0.1, 0.15) is 21.8 Å². The number of hydrogen-bond acceptors (Lipinski definition) is 7. The number of likely N-dealkylation sites (tertiary alicyclic amines) is 1. The minimum Gasteiger partial charge on any atom is -0.495 e. The standard InChI is InChI=1S/C32H37N3O6/c1-38-27-13-9-8-12-26(27)33-14-16-34(17-15-33)32(37)25-21-35(31(36)22-10-6-5-7-11-22)20-24(25)23-18-28(39-2)30(41-4)29(19-23)40-3/h5-13,18-19,24-25H,14-17,20-21H2,1-4H3/t24-,25-/m1/s1. The summed E-state index contributed by atoms with van der Waals surface area (Å²) < 4.78 is 22.3. The highest BCUT2D eigenvalue weighted by atomic mass is 16.5. The summed E-state index contributed by atoms with van der Waals surface area (Å²) in [6, 6.07) is 20.9. The van der Waals surface area contributed by atoms with Gasteiger partial charge < -0.3 is 33.6 Å². The molecule has 2 saturated heterocycles. The summed E-state index contributed by atoms with van der Waals surface area (Å²) >= 11 is 0. The first-order chi connectivity index (χ1) is 20.0. The molecule has 216 valence electrons. The lowest BCUT2D eigenvalue weighted by Crippen LogP contribution is -2.51. The van der Waals surface area contributed by atoms with E-state index in [0.29, 0.717) is 62.1 Å². The third-order valence-corrected chi connectivity index (χ3v) is 8.08. The molecule has 2 fully saturated rings. The molecule has 0 radical (unpaired) electrons. The fourth-order valence-corrected chi connectivity index (χ4v) is 5.93. The van der Waals surface area contributed by atoms with Crippen molar-refractivity contribution in [3.8, 4) is 23.0 Å². The van der Waals surface area contributed by atoms with Gasteiger partial charge in [0.15, 0.2) is 11.5 Å². The van der Waals surface area contributed by atoms with Gasteiger partial charge in [-0.1, -0.05) is 30.3 Å². The molecule has 2 amide bonds. The van der Waals surface area contributed by atoms with E-state index in [9.17, 15) is 9.59 Å². The van der Waals surface area contributed by atoms with Gasteiger partial charge in [-0.25, -0.2) is 0 Å². The molecule has 0 aromatic heterocycles. The second-order valence-electron chi connectivity index (χ2n) is 10.2. The van der Waals surface area contributed by atoms with Gasteiger partial charge in [0, 0.05) is 50.7 Å². The van der Waals surface area contributed by atoms with E-state index in [-0.39, 0.29) is 17.7 Å². The molecular formula is C32H37N3O6. The van der Waals surface area contributed by atoms with E-state index < -0.39 is 5.92 Å². The minimum atomic E-state index is -0.414. The fourth-order valence-electron chi connectivity index (χ4n) is 5.93. The van der Waals surface area contributed by atoms with Crippen molar-refractivity contribution in [3.05, 3.63) is 77.9 Å². The highest BCUT2D eigenvalue weighted by Crippen LogP contribution is 2.44. The summed E-state index contributed by atoms with van der Waals surface area (Å²) in [7, 11) is 6.38. The topological polar surface area (TPSA) is 80.8 Å². The summed E-state index contributed by atoms with van der Waals surface area (Å²) in [5.41, 5.74) is 2.50. The lowest BCUT2D eigenvalue weighted by molar-refractivity contribution is -0.135. The van der Waals surface area contributed by atoms with Gasteiger partial charge in [-0.2, -0.15) is 0 Å². The van der Waals surface area contributed by atoms with Crippen LogP contribution in [0.25, 0.3) is 0 Å². The Bertz CT molecular complexity index is 1350. The number of ether oxygens (including phenoxy) is 4. The van der Waals surface area contributed by atoms with Crippen LogP contribution >= 0.6 is 0 Å². The number of methoxy groups -OCH3 is 4. The Morgan fingerprint density at radius 3 is 1.90 bits per heavy atom. The number of hydrogen-bond donors (Lipinski definition) is 0. The lowest BCUT2D eigenvalue weighted by atomic mass is 9.87. The van der Waals surface area contributed by atoms with Crippen LogP contribution in [0.4, 0.5) is 5.69 Å². The van der Waals surface area contributed by atoms with Gasteiger partial charge in [0.25, 0.3) is 5.91 Å². The van der Waals surface area contributed by atoms with Crippen LogP contribution in [0.15, 0.2) is 66.7 Å². The van der Waals surface area contributed by atoms with Crippen molar-refractivity contribution < 1.29 is 28.5 Å². The predicted molar refractivity (Wildman–Crippen MR) is 156 cm³/mol. The van der Waals surface area contributed by atoms with Crippen molar-refractivity contribution in [2.45, 2.75) is 5.92 Å². The maximum Gasteiger partial charge on any atom is 0.253 e. The molecule has 3 aromatic carbocycles. The van der Waals surface area contributed by atoms with Crippen LogP contribution in [-0.2, 0) is 4.79 Å². The molecule has 9 nitrogen and oxygen atoms in total.